The van der Waals surface area contributed by atoms with E-state index in [1.807, 2.05) is 0 Å². The van der Waals surface area contributed by atoms with Crippen LogP contribution in [0, 0.1) is 5.82 Å². The molecular formula is C19H15BrClFN2O3S. The fourth-order valence-corrected chi connectivity index (χ4v) is 4.50. The number of rotatable bonds is 3. The standard InChI is InChI=1S/C19H15BrClFN2O3S/c1-28(27)18-10-16(14(20)9-15(18)21)23-19(26)24-7-6-13(25)8-17(24)11-2-4-12(22)5-3-11/h2-7,9-10,17H,8H2,1H3,(H,23,26)/t17-,28?/m0/s1. The highest BCUT2D eigenvalue weighted by Gasteiger charge is 2.29. The van der Waals surface area contributed by atoms with Crippen molar-refractivity contribution in [2.75, 3.05) is 11.6 Å². The van der Waals surface area contributed by atoms with E-state index in [1.165, 1.54) is 41.6 Å². The number of amides is 2. The maximum Gasteiger partial charge on any atom is 0.326 e. The van der Waals surface area contributed by atoms with E-state index in [1.54, 1.807) is 18.2 Å². The van der Waals surface area contributed by atoms with Gasteiger partial charge in [0.15, 0.2) is 5.78 Å². The first-order valence-electron chi connectivity index (χ1n) is 8.14. The third kappa shape index (κ3) is 4.51. The van der Waals surface area contributed by atoms with Gasteiger partial charge in [-0.15, -0.1) is 0 Å². The monoisotopic (exact) mass is 484 g/mol. The first kappa shape index (κ1) is 20.7. The van der Waals surface area contributed by atoms with Crippen LogP contribution in [-0.4, -0.2) is 27.2 Å². The molecule has 0 radical (unpaired) electrons. The van der Waals surface area contributed by atoms with Crippen LogP contribution in [0.2, 0.25) is 5.02 Å². The van der Waals surface area contributed by atoms with Crippen molar-refractivity contribution < 1.29 is 18.2 Å². The van der Waals surface area contributed by atoms with Gasteiger partial charge >= 0.3 is 6.03 Å². The maximum atomic E-state index is 13.2. The summed E-state index contributed by atoms with van der Waals surface area (Å²) < 4.78 is 25.6. The molecule has 2 amide bonds. The van der Waals surface area contributed by atoms with Gasteiger partial charge in [0.05, 0.1) is 32.4 Å². The van der Waals surface area contributed by atoms with Crippen molar-refractivity contribution in [3.63, 3.8) is 0 Å². The van der Waals surface area contributed by atoms with Gasteiger partial charge in [-0.05, 0) is 51.8 Å². The molecule has 0 fully saturated rings. The molecule has 2 aromatic carbocycles. The molecule has 28 heavy (non-hydrogen) atoms. The average Bonchev–Trinajstić information content (AvgIpc) is 2.64. The summed E-state index contributed by atoms with van der Waals surface area (Å²) in [6.07, 6.45) is 4.30. The van der Waals surface area contributed by atoms with E-state index in [0.29, 0.717) is 25.6 Å². The smallest absolute Gasteiger partial charge is 0.306 e. The Labute approximate surface area is 177 Å². The van der Waals surface area contributed by atoms with Gasteiger partial charge in [-0.2, -0.15) is 0 Å². The van der Waals surface area contributed by atoms with Crippen LogP contribution in [0.25, 0.3) is 0 Å². The van der Waals surface area contributed by atoms with Crippen LogP contribution in [0.4, 0.5) is 14.9 Å². The summed E-state index contributed by atoms with van der Waals surface area (Å²) in [5.41, 5.74) is 1.03. The molecule has 1 aliphatic rings. The van der Waals surface area contributed by atoms with Crippen LogP contribution in [0.1, 0.15) is 18.0 Å². The normalized spacial score (nSPS) is 17.5. The molecule has 3 rings (SSSR count). The van der Waals surface area contributed by atoms with Gasteiger partial charge in [-0.1, -0.05) is 23.7 Å². The highest BCUT2D eigenvalue weighted by Crippen LogP contribution is 2.33. The zero-order valence-electron chi connectivity index (χ0n) is 14.6. The van der Waals surface area contributed by atoms with Gasteiger partial charge < -0.3 is 5.32 Å². The van der Waals surface area contributed by atoms with Crippen molar-refractivity contribution in [2.45, 2.75) is 17.4 Å². The second-order valence-corrected chi connectivity index (χ2v) is 8.72. The Balaban J connectivity index is 1.91. The third-order valence-electron chi connectivity index (χ3n) is 4.21. The minimum atomic E-state index is -1.33. The fraction of sp³-hybridized carbons (Fsp3) is 0.158. The topological polar surface area (TPSA) is 66.5 Å². The lowest BCUT2D eigenvalue weighted by molar-refractivity contribution is -0.116. The van der Waals surface area contributed by atoms with E-state index < -0.39 is 28.7 Å². The number of carbonyl (C=O) groups is 2. The van der Waals surface area contributed by atoms with Gasteiger partial charge in [-0.3, -0.25) is 13.9 Å². The van der Waals surface area contributed by atoms with E-state index in [2.05, 4.69) is 21.2 Å². The Hall–Kier alpha value is -2.03. The van der Waals surface area contributed by atoms with Crippen molar-refractivity contribution >= 4 is 55.8 Å². The fourth-order valence-electron chi connectivity index (χ4n) is 2.82. The Morgan fingerprint density at radius 3 is 2.64 bits per heavy atom. The quantitative estimate of drug-likeness (QED) is 0.662. The van der Waals surface area contributed by atoms with Gasteiger partial charge in [0.25, 0.3) is 0 Å². The van der Waals surface area contributed by atoms with Crippen LogP contribution in [0.5, 0.6) is 0 Å². The van der Waals surface area contributed by atoms with Crippen LogP contribution >= 0.6 is 27.5 Å². The van der Waals surface area contributed by atoms with Gasteiger partial charge in [0, 0.05) is 23.3 Å². The zero-order chi connectivity index (χ0) is 20.4. The van der Waals surface area contributed by atoms with Crippen LogP contribution in [0.3, 0.4) is 0 Å². The first-order valence-corrected chi connectivity index (χ1v) is 10.9. The molecule has 146 valence electrons. The lowest BCUT2D eigenvalue weighted by Crippen LogP contribution is -2.37. The van der Waals surface area contributed by atoms with E-state index in [-0.39, 0.29) is 12.2 Å². The number of carbonyl (C=O) groups excluding carboxylic acids is 2. The number of allylic oxidation sites excluding steroid dienone is 1. The molecule has 9 heteroatoms. The number of ketones is 1. The highest BCUT2D eigenvalue weighted by molar-refractivity contribution is 9.10. The molecule has 0 aromatic heterocycles. The van der Waals surface area contributed by atoms with Gasteiger partial charge in [0.2, 0.25) is 0 Å². The molecule has 0 spiro atoms. The van der Waals surface area contributed by atoms with Gasteiger partial charge in [-0.25, -0.2) is 9.18 Å². The second-order valence-electron chi connectivity index (χ2n) is 6.11. The maximum absolute atomic E-state index is 13.2. The SMILES string of the molecule is CS(=O)c1cc(NC(=O)N2C=CC(=O)C[C@H]2c2ccc(F)cc2)c(Br)cc1Cl. The molecule has 1 aliphatic heterocycles. The van der Waals surface area contributed by atoms with Crippen molar-refractivity contribution in [1.82, 2.24) is 4.90 Å². The predicted molar refractivity (Wildman–Crippen MR) is 110 cm³/mol. The average molecular weight is 486 g/mol. The molecule has 1 heterocycles. The Kier molecular flexibility index (Phi) is 6.32. The first-order chi connectivity index (χ1) is 13.3. The van der Waals surface area contributed by atoms with Crippen LogP contribution < -0.4 is 5.32 Å². The molecule has 2 atom stereocenters. The Morgan fingerprint density at radius 2 is 2.00 bits per heavy atom. The highest BCUT2D eigenvalue weighted by atomic mass is 79.9. The second kappa shape index (κ2) is 8.55. The number of anilines is 1. The molecule has 0 aliphatic carbocycles. The van der Waals surface area contributed by atoms with E-state index in [4.69, 9.17) is 11.6 Å². The number of halogens is 3. The lowest BCUT2D eigenvalue weighted by atomic mass is 9.97. The molecule has 0 bridgehead atoms. The van der Waals surface area contributed by atoms with Gasteiger partial charge in [0.1, 0.15) is 5.82 Å². The Morgan fingerprint density at radius 1 is 1.32 bits per heavy atom. The summed E-state index contributed by atoms with van der Waals surface area (Å²) in [5, 5.41) is 3.06. The number of hydrogen-bond donors (Lipinski definition) is 1. The summed E-state index contributed by atoms with van der Waals surface area (Å²) >= 11 is 9.42. The van der Waals surface area contributed by atoms with E-state index in [9.17, 15) is 18.2 Å². The number of benzene rings is 2. The number of urea groups is 1. The van der Waals surface area contributed by atoms with Crippen molar-refractivity contribution in [1.29, 1.82) is 0 Å². The number of nitrogens with zero attached hydrogens (tertiary/aromatic N) is 1. The molecule has 0 saturated heterocycles. The van der Waals surface area contributed by atoms with E-state index in [0.717, 1.165) is 0 Å². The zero-order valence-corrected chi connectivity index (χ0v) is 17.8. The van der Waals surface area contributed by atoms with Crippen LogP contribution in [0.15, 0.2) is 58.0 Å². The minimum Gasteiger partial charge on any atom is -0.306 e. The molecule has 1 N–H and O–H groups in total. The number of hydrogen-bond acceptors (Lipinski definition) is 3. The summed E-state index contributed by atoms with van der Waals surface area (Å²) in [4.78, 5) is 26.5. The molecule has 0 saturated carbocycles. The summed E-state index contributed by atoms with van der Waals surface area (Å²) in [6.45, 7) is 0. The molecular weight excluding hydrogens is 471 g/mol. The largest absolute Gasteiger partial charge is 0.326 e. The third-order valence-corrected chi connectivity index (χ3v) is 6.25. The summed E-state index contributed by atoms with van der Waals surface area (Å²) in [5.74, 6) is -0.530. The molecule has 5 nitrogen and oxygen atoms in total. The van der Waals surface area contributed by atoms with Crippen LogP contribution in [-0.2, 0) is 15.6 Å². The predicted octanol–water partition coefficient (Wildman–Crippen LogP) is 5.04. The minimum absolute atomic E-state index is 0.0849. The van der Waals surface area contributed by atoms with Crippen molar-refractivity contribution in [2.24, 2.45) is 0 Å². The molecule has 1 unspecified atom stereocenters. The Bertz CT molecular complexity index is 997. The van der Waals surface area contributed by atoms with Crippen molar-refractivity contribution in [3.8, 4) is 0 Å². The lowest BCUT2D eigenvalue weighted by Gasteiger charge is -2.31. The van der Waals surface area contributed by atoms with E-state index >= 15 is 0 Å². The summed E-state index contributed by atoms with van der Waals surface area (Å²) in [7, 11) is -1.33. The summed E-state index contributed by atoms with van der Waals surface area (Å²) in [6, 6.07) is 7.69. The molecule has 2 aromatic rings. The number of nitrogens with one attached hydrogen (secondary N) is 1. The van der Waals surface area contributed by atoms with Crippen molar-refractivity contribution in [3.05, 3.63) is 69.6 Å².